The molecule has 1 aromatic heterocycles. The van der Waals surface area contributed by atoms with Crippen LogP contribution < -0.4 is 5.32 Å². The fourth-order valence-corrected chi connectivity index (χ4v) is 1.50. The van der Waals surface area contributed by atoms with Gasteiger partial charge in [-0.1, -0.05) is 17.3 Å². The van der Waals surface area contributed by atoms with Gasteiger partial charge in [-0.3, -0.25) is 4.79 Å². The van der Waals surface area contributed by atoms with E-state index in [0.29, 0.717) is 5.82 Å². The molecule has 2 aromatic rings. The summed E-state index contributed by atoms with van der Waals surface area (Å²) in [6.07, 6.45) is 0.183. The SMILES string of the molecule is CC(NC(=O)Cc1ccc(F)cc1)c1nn[nH]n1. The van der Waals surface area contributed by atoms with E-state index < -0.39 is 0 Å². The third kappa shape index (κ3) is 3.09. The summed E-state index contributed by atoms with van der Waals surface area (Å²) >= 11 is 0. The normalized spacial score (nSPS) is 12.1. The number of aromatic amines is 1. The number of nitrogens with one attached hydrogen (secondary N) is 2. The number of hydrogen-bond acceptors (Lipinski definition) is 4. The second kappa shape index (κ2) is 5.35. The van der Waals surface area contributed by atoms with Gasteiger partial charge in [-0.15, -0.1) is 10.2 Å². The second-order valence-electron chi connectivity index (χ2n) is 3.86. The van der Waals surface area contributed by atoms with Crippen molar-refractivity contribution < 1.29 is 9.18 Å². The second-order valence-corrected chi connectivity index (χ2v) is 3.86. The Morgan fingerprint density at radius 1 is 1.44 bits per heavy atom. The van der Waals surface area contributed by atoms with Crippen LogP contribution in [0.4, 0.5) is 4.39 Å². The number of rotatable bonds is 4. The third-order valence-electron chi connectivity index (χ3n) is 2.40. The molecule has 0 saturated heterocycles. The standard InChI is InChI=1S/C11H12FN5O/c1-7(11-14-16-17-15-11)13-10(18)6-8-2-4-9(12)5-3-8/h2-5,7H,6H2,1H3,(H,13,18)(H,14,15,16,17). The molecular weight excluding hydrogens is 237 g/mol. The Kier molecular flexibility index (Phi) is 3.61. The highest BCUT2D eigenvalue weighted by Gasteiger charge is 2.13. The highest BCUT2D eigenvalue weighted by Crippen LogP contribution is 2.06. The third-order valence-corrected chi connectivity index (χ3v) is 2.40. The number of benzene rings is 1. The van der Waals surface area contributed by atoms with Crippen molar-refractivity contribution in [1.82, 2.24) is 25.9 Å². The summed E-state index contributed by atoms with van der Waals surface area (Å²) in [5, 5.41) is 16.0. The van der Waals surface area contributed by atoms with Crippen LogP contribution in [0.3, 0.4) is 0 Å². The molecule has 0 aliphatic rings. The molecule has 0 spiro atoms. The lowest BCUT2D eigenvalue weighted by Crippen LogP contribution is -2.28. The zero-order valence-corrected chi connectivity index (χ0v) is 9.72. The molecule has 1 unspecified atom stereocenters. The summed E-state index contributed by atoms with van der Waals surface area (Å²) in [7, 11) is 0. The van der Waals surface area contributed by atoms with Gasteiger partial charge in [0.1, 0.15) is 5.82 Å². The maximum Gasteiger partial charge on any atom is 0.225 e. The first kappa shape index (κ1) is 12.2. The molecule has 0 fully saturated rings. The Morgan fingerprint density at radius 3 is 2.78 bits per heavy atom. The van der Waals surface area contributed by atoms with Crippen molar-refractivity contribution in [3.8, 4) is 0 Å². The van der Waals surface area contributed by atoms with Crippen LogP contribution in [0.15, 0.2) is 24.3 Å². The summed E-state index contributed by atoms with van der Waals surface area (Å²) < 4.78 is 12.7. The molecule has 1 heterocycles. The minimum absolute atomic E-state index is 0.182. The van der Waals surface area contributed by atoms with Crippen molar-refractivity contribution in [3.05, 3.63) is 41.5 Å². The van der Waals surface area contributed by atoms with E-state index in [1.165, 1.54) is 12.1 Å². The number of nitrogens with zero attached hydrogens (tertiary/aromatic N) is 3. The first-order valence-electron chi connectivity index (χ1n) is 5.42. The van der Waals surface area contributed by atoms with E-state index in [0.717, 1.165) is 5.56 Å². The molecule has 0 bridgehead atoms. The van der Waals surface area contributed by atoms with E-state index >= 15 is 0 Å². The molecular formula is C11H12FN5O. The molecule has 94 valence electrons. The van der Waals surface area contributed by atoms with Gasteiger partial charge < -0.3 is 5.32 Å². The van der Waals surface area contributed by atoms with Crippen LogP contribution in [0.25, 0.3) is 0 Å². The van der Waals surface area contributed by atoms with Crippen LogP contribution in [0.2, 0.25) is 0 Å². The van der Waals surface area contributed by atoms with Gasteiger partial charge in [-0.25, -0.2) is 4.39 Å². The topological polar surface area (TPSA) is 83.6 Å². The number of aromatic nitrogens is 4. The first-order valence-corrected chi connectivity index (χ1v) is 5.42. The Morgan fingerprint density at radius 2 is 2.17 bits per heavy atom. The van der Waals surface area contributed by atoms with Crippen molar-refractivity contribution in [1.29, 1.82) is 0 Å². The summed E-state index contributed by atoms with van der Waals surface area (Å²) in [4.78, 5) is 11.7. The van der Waals surface area contributed by atoms with E-state index in [4.69, 9.17) is 0 Å². The monoisotopic (exact) mass is 249 g/mol. The Hall–Kier alpha value is -2.31. The fraction of sp³-hybridized carbons (Fsp3) is 0.273. The van der Waals surface area contributed by atoms with Gasteiger partial charge in [-0.2, -0.15) is 5.21 Å². The number of carbonyl (C=O) groups excluding carboxylic acids is 1. The summed E-state index contributed by atoms with van der Waals surface area (Å²) in [6, 6.07) is 5.48. The van der Waals surface area contributed by atoms with Crippen LogP contribution in [0, 0.1) is 5.82 Å². The van der Waals surface area contributed by atoms with Crippen LogP contribution in [-0.4, -0.2) is 26.5 Å². The predicted octanol–water partition coefficient (Wildman–Crippen LogP) is 0.759. The molecule has 6 nitrogen and oxygen atoms in total. The maximum absolute atomic E-state index is 12.7. The van der Waals surface area contributed by atoms with Crippen molar-refractivity contribution in [2.24, 2.45) is 0 Å². The molecule has 7 heteroatoms. The van der Waals surface area contributed by atoms with Crippen LogP contribution in [0.1, 0.15) is 24.4 Å². The zero-order chi connectivity index (χ0) is 13.0. The van der Waals surface area contributed by atoms with Crippen molar-refractivity contribution in [3.63, 3.8) is 0 Å². The van der Waals surface area contributed by atoms with E-state index in [2.05, 4.69) is 25.9 Å². The minimum atomic E-state index is -0.323. The van der Waals surface area contributed by atoms with Gasteiger partial charge in [0, 0.05) is 0 Å². The average molecular weight is 249 g/mol. The summed E-state index contributed by atoms with van der Waals surface area (Å²) in [5.41, 5.74) is 0.745. The Balaban J connectivity index is 1.91. The number of carbonyl (C=O) groups is 1. The maximum atomic E-state index is 12.7. The predicted molar refractivity (Wildman–Crippen MR) is 60.8 cm³/mol. The number of halogens is 1. The lowest BCUT2D eigenvalue weighted by molar-refractivity contribution is -0.121. The van der Waals surface area contributed by atoms with E-state index in [9.17, 15) is 9.18 Å². The molecule has 0 aliphatic heterocycles. The summed E-state index contributed by atoms with van der Waals surface area (Å²) in [6.45, 7) is 1.76. The molecule has 1 aromatic carbocycles. The number of tetrazole rings is 1. The average Bonchev–Trinajstić information content (AvgIpc) is 2.85. The van der Waals surface area contributed by atoms with E-state index in [-0.39, 0.29) is 24.2 Å². The molecule has 18 heavy (non-hydrogen) atoms. The van der Waals surface area contributed by atoms with E-state index in [1.54, 1.807) is 19.1 Å². The number of hydrogen-bond donors (Lipinski definition) is 2. The van der Waals surface area contributed by atoms with Crippen LogP contribution in [0.5, 0.6) is 0 Å². The van der Waals surface area contributed by atoms with Gasteiger partial charge in [0.05, 0.1) is 12.5 Å². The van der Waals surface area contributed by atoms with Crippen molar-refractivity contribution in [2.45, 2.75) is 19.4 Å². The quantitative estimate of drug-likeness (QED) is 0.837. The largest absolute Gasteiger partial charge is 0.346 e. The summed E-state index contributed by atoms with van der Waals surface area (Å²) in [5.74, 6) is -0.0827. The smallest absolute Gasteiger partial charge is 0.225 e. The van der Waals surface area contributed by atoms with Crippen molar-refractivity contribution in [2.75, 3.05) is 0 Å². The molecule has 1 amide bonds. The van der Waals surface area contributed by atoms with Gasteiger partial charge >= 0.3 is 0 Å². The number of amides is 1. The highest BCUT2D eigenvalue weighted by atomic mass is 19.1. The first-order chi connectivity index (χ1) is 8.65. The van der Waals surface area contributed by atoms with Gasteiger partial charge in [-0.05, 0) is 24.6 Å². The van der Waals surface area contributed by atoms with Crippen molar-refractivity contribution >= 4 is 5.91 Å². The lowest BCUT2D eigenvalue weighted by Gasteiger charge is -2.09. The number of H-pyrrole nitrogens is 1. The van der Waals surface area contributed by atoms with Gasteiger partial charge in [0.25, 0.3) is 0 Å². The molecule has 0 aliphatic carbocycles. The molecule has 2 N–H and O–H groups in total. The fourth-order valence-electron chi connectivity index (χ4n) is 1.50. The molecule has 1 atom stereocenters. The highest BCUT2D eigenvalue weighted by molar-refractivity contribution is 5.78. The molecule has 2 rings (SSSR count). The minimum Gasteiger partial charge on any atom is -0.346 e. The van der Waals surface area contributed by atoms with Gasteiger partial charge in [0.2, 0.25) is 5.91 Å². The Labute approximate surface area is 103 Å². The lowest BCUT2D eigenvalue weighted by atomic mass is 10.1. The molecule has 0 radical (unpaired) electrons. The van der Waals surface area contributed by atoms with Gasteiger partial charge in [0.15, 0.2) is 5.82 Å². The van der Waals surface area contributed by atoms with E-state index in [1.807, 2.05) is 0 Å². The van der Waals surface area contributed by atoms with Crippen LogP contribution in [-0.2, 0) is 11.2 Å². The Bertz CT molecular complexity index is 511. The zero-order valence-electron chi connectivity index (χ0n) is 9.72. The molecule has 0 saturated carbocycles. The van der Waals surface area contributed by atoms with Crippen LogP contribution >= 0.6 is 0 Å².